The third kappa shape index (κ3) is 3.07. The Balaban J connectivity index is 2.32. The molecule has 0 aliphatic carbocycles. The van der Waals surface area contributed by atoms with E-state index < -0.39 is 23.4 Å². The molecule has 2 rings (SSSR count). The zero-order valence-corrected chi connectivity index (χ0v) is 10.9. The number of nitrogen functional groups attached to an aromatic ring is 1. The number of hydrogen-bond acceptors (Lipinski definition) is 3. The van der Waals surface area contributed by atoms with Gasteiger partial charge in [-0.1, -0.05) is 0 Å². The summed E-state index contributed by atoms with van der Waals surface area (Å²) in [5.41, 5.74) is 5.76. The van der Waals surface area contributed by atoms with Crippen LogP contribution in [0.4, 0.5) is 24.5 Å². The molecule has 0 aliphatic rings. The molecule has 7 heteroatoms. The Kier molecular flexibility index (Phi) is 4.02. The SMILES string of the molecule is COc1ccc(N)cc1C(=O)Nc1cc(F)c(F)c(F)c1. The summed E-state index contributed by atoms with van der Waals surface area (Å²) >= 11 is 0. The van der Waals surface area contributed by atoms with Crippen molar-refractivity contribution in [3.63, 3.8) is 0 Å². The predicted molar refractivity (Wildman–Crippen MR) is 71.7 cm³/mol. The fourth-order valence-corrected chi connectivity index (χ4v) is 1.73. The van der Waals surface area contributed by atoms with Crippen LogP contribution in [0.5, 0.6) is 5.75 Å². The monoisotopic (exact) mass is 296 g/mol. The number of methoxy groups -OCH3 is 1. The van der Waals surface area contributed by atoms with Gasteiger partial charge in [0.1, 0.15) is 5.75 Å². The van der Waals surface area contributed by atoms with Crippen molar-refractivity contribution < 1.29 is 22.7 Å². The quantitative estimate of drug-likeness (QED) is 0.676. The van der Waals surface area contributed by atoms with E-state index in [0.29, 0.717) is 17.8 Å². The Labute approximate surface area is 118 Å². The fourth-order valence-electron chi connectivity index (χ4n) is 1.73. The molecular weight excluding hydrogens is 285 g/mol. The van der Waals surface area contributed by atoms with Crippen molar-refractivity contribution >= 4 is 17.3 Å². The van der Waals surface area contributed by atoms with Gasteiger partial charge in [-0.2, -0.15) is 0 Å². The van der Waals surface area contributed by atoms with Crippen LogP contribution in [0.1, 0.15) is 10.4 Å². The first-order chi connectivity index (χ1) is 9.92. The van der Waals surface area contributed by atoms with Gasteiger partial charge in [-0.15, -0.1) is 0 Å². The van der Waals surface area contributed by atoms with Crippen molar-refractivity contribution in [1.29, 1.82) is 0 Å². The molecule has 0 bridgehead atoms. The molecule has 0 spiro atoms. The van der Waals surface area contributed by atoms with Crippen LogP contribution < -0.4 is 15.8 Å². The number of hydrogen-bond donors (Lipinski definition) is 2. The van der Waals surface area contributed by atoms with E-state index in [1.54, 1.807) is 0 Å². The molecule has 0 heterocycles. The number of nitrogens with two attached hydrogens (primary N) is 1. The maximum atomic E-state index is 13.1. The van der Waals surface area contributed by atoms with Gasteiger partial charge in [0.2, 0.25) is 0 Å². The first-order valence-corrected chi connectivity index (χ1v) is 5.81. The van der Waals surface area contributed by atoms with Crippen molar-refractivity contribution in [3.05, 3.63) is 53.3 Å². The Morgan fingerprint density at radius 3 is 2.33 bits per heavy atom. The van der Waals surface area contributed by atoms with Gasteiger partial charge in [0.15, 0.2) is 17.5 Å². The lowest BCUT2D eigenvalue weighted by atomic mass is 10.1. The molecule has 0 unspecified atom stereocenters. The van der Waals surface area contributed by atoms with E-state index in [9.17, 15) is 18.0 Å². The van der Waals surface area contributed by atoms with Gasteiger partial charge in [-0.3, -0.25) is 4.79 Å². The van der Waals surface area contributed by atoms with Crippen LogP contribution in [0.3, 0.4) is 0 Å². The molecule has 0 saturated carbocycles. The molecule has 0 radical (unpaired) electrons. The van der Waals surface area contributed by atoms with E-state index in [0.717, 1.165) is 0 Å². The van der Waals surface area contributed by atoms with E-state index in [4.69, 9.17) is 10.5 Å². The minimum atomic E-state index is -1.60. The molecule has 0 saturated heterocycles. The number of ether oxygens (including phenoxy) is 1. The summed E-state index contributed by atoms with van der Waals surface area (Å²) in [5.74, 6) is -4.85. The Hall–Kier alpha value is -2.70. The zero-order valence-electron chi connectivity index (χ0n) is 10.9. The third-order valence-corrected chi connectivity index (χ3v) is 2.71. The van der Waals surface area contributed by atoms with Crippen LogP contribution in [-0.2, 0) is 0 Å². The summed E-state index contributed by atoms with van der Waals surface area (Å²) in [5, 5.41) is 2.25. The van der Waals surface area contributed by atoms with Crippen molar-refractivity contribution in [2.75, 3.05) is 18.2 Å². The molecule has 2 aromatic carbocycles. The summed E-state index contributed by atoms with van der Waals surface area (Å²) in [4.78, 5) is 12.1. The fraction of sp³-hybridized carbons (Fsp3) is 0.0714. The second kappa shape index (κ2) is 5.74. The van der Waals surface area contributed by atoms with E-state index in [-0.39, 0.29) is 17.0 Å². The van der Waals surface area contributed by atoms with Crippen molar-refractivity contribution in [3.8, 4) is 5.75 Å². The summed E-state index contributed by atoms with van der Waals surface area (Å²) in [6.07, 6.45) is 0. The average molecular weight is 296 g/mol. The van der Waals surface area contributed by atoms with Gasteiger partial charge in [0, 0.05) is 23.5 Å². The molecule has 0 atom stereocenters. The molecule has 110 valence electrons. The second-order valence-electron chi connectivity index (χ2n) is 4.17. The molecule has 2 aromatic rings. The summed E-state index contributed by atoms with van der Waals surface area (Å²) in [6.45, 7) is 0. The van der Waals surface area contributed by atoms with Gasteiger partial charge >= 0.3 is 0 Å². The molecule has 0 aliphatic heterocycles. The third-order valence-electron chi connectivity index (χ3n) is 2.71. The topological polar surface area (TPSA) is 64.3 Å². The number of nitrogens with one attached hydrogen (secondary N) is 1. The Morgan fingerprint density at radius 2 is 1.76 bits per heavy atom. The highest BCUT2D eigenvalue weighted by Gasteiger charge is 2.16. The molecular formula is C14H11F3N2O2. The molecule has 0 aromatic heterocycles. The molecule has 4 nitrogen and oxygen atoms in total. The highest BCUT2D eigenvalue weighted by atomic mass is 19.2. The minimum absolute atomic E-state index is 0.0858. The van der Waals surface area contributed by atoms with E-state index in [2.05, 4.69) is 5.32 Å². The lowest BCUT2D eigenvalue weighted by molar-refractivity contribution is 0.102. The van der Waals surface area contributed by atoms with Crippen LogP contribution in [-0.4, -0.2) is 13.0 Å². The summed E-state index contributed by atoms with van der Waals surface area (Å²) in [6, 6.07) is 5.72. The number of rotatable bonds is 3. The largest absolute Gasteiger partial charge is 0.496 e. The van der Waals surface area contributed by atoms with E-state index in [1.165, 1.54) is 25.3 Å². The number of carbonyl (C=O) groups excluding carboxylic acids is 1. The highest BCUT2D eigenvalue weighted by molar-refractivity contribution is 6.06. The number of carbonyl (C=O) groups is 1. The van der Waals surface area contributed by atoms with Crippen LogP contribution in [0.25, 0.3) is 0 Å². The van der Waals surface area contributed by atoms with Gasteiger partial charge in [0.05, 0.1) is 12.7 Å². The lowest BCUT2D eigenvalue weighted by Gasteiger charge is -2.10. The molecule has 21 heavy (non-hydrogen) atoms. The number of halogens is 3. The van der Waals surface area contributed by atoms with Gasteiger partial charge in [-0.05, 0) is 18.2 Å². The van der Waals surface area contributed by atoms with Crippen molar-refractivity contribution in [1.82, 2.24) is 0 Å². The molecule has 0 fully saturated rings. The highest BCUT2D eigenvalue weighted by Crippen LogP contribution is 2.23. The Morgan fingerprint density at radius 1 is 1.14 bits per heavy atom. The minimum Gasteiger partial charge on any atom is -0.496 e. The molecule has 3 N–H and O–H groups in total. The average Bonchev–Trinajstić information content (AvgIpc) is 2.44. The van der Waals surface area contributed by atoms with Crippen molar-refractivity contribution in [2.45, 2.75) is 0 Å². The zero-order chi connectivity index (χ0) is 15.6. The second-order valence-corrected chi connectivity index (χ2v) is 4.17. The van der Waals surface area contributed by atoms with Gasteiger partial charge < -0.3 is 15.8 Å². The molecule has 1 amide bonds. The van der Waals surface area contributed by atoms with E-state index >= 15 is 0 Å². The van der Waals surface area contributed by atoms with E-state index in [1.807, 2.05) is 0 Å². The maximum absolute atomic E-state index is 13.1. The first-order valence-electron chi connectivity index (χ1n) is 5.81. The lowest BCUT2D eigenvalue weighted by Crippen LogP contribution is -2.14. The van der Waals surface area contributed by atoms with Crippen LogP contribution in [0, 0.1) is 17.5 Å². The standard InChI is InChI=1S/C14H11F3N2O2/c1-21-12-3-2-7(18)4-9(12)14(20)19-8-5-10(15)13(17)11(16)6-8/h2-6H,18H2,1H3,(H,19,20). The smallest absolute Gasteiger partial charge is 0.259 e. The number of anilines is 2. The maximum Gasteiger partial charge on any atom is 0.259 e. The Bertz CT molecular complexity index is 682. The van der Waals surface area contributed by atoms with Gasteiger partial charge in [-0.25, -0.2) is 13.2 Å². The summed E-state index contributed by atoms with van der Waals surface area (Å²) < 4.78 is 44.0. The van der Waals surface area contributed by atoms with Gasteiger partial charge in [0.25, 0.3) is 5.91 Å². The van der Waals surface area contributed by atoms with Crippen LogP contribution in [0.15, 0.2) is 30.3 Å². The number of amides is 1. The van der Waals surface area contributed by atoms with Crippen LogP contribution >= 0.6 is 0 Å². The predicted octanol–water partition coefficient (Wildman–Crippen LogP) is 2.95. The number of benzene rings is 2. The summed E-state index contributed by atoms with van der Waals surface area (Å²) in [7, 11) is 1.36. The van der Waals surface area contributed by atoms with Crippen LogP contribution in [0.2, 0.25) is 0 Å². The normalized spacial score (nSPS) is 10.3. The first kappa shape index (κ1) is 14.7. The van der Waals surface area contributed by atoms with Crippen molar-refractivity contribution in [2.24, 2.45) is 0 Å².